The maximum Gasteiger partial charge on any atom is 0.326 e. The molecule has 6 nitrogen and oxygen atoms in total. The zero-order valence-electron chi connectivity index (χ0n) is 11.7. The van der Waals surface area contributed by atoms with Crippen molar-refractivity contribution in [2.75, 3.05) is 6.54 Å². The third-order valence-corrected chi connectivity index (χ3v) is 3.29. The van der Waals surface area contributed by atoms with E-state index in [1.165, 1.54) is 0 Å². The second kappa shape index (κ2) is 7.78. The Morgan fingerprint density at radius 1 is 1.19 bits per heavy atom. The average molecular weight is 357 g/mol. The molecule has 0 saturated carbocycles. The minimum Gasteiger partial charge on any atom is -0.480 e. The maximum absolute atomic E-state index is 11.8. The van der Waals surface area contributed by atoms with Gasteiger partial charge in [-0.3, -0.25) is 9.59 Å². The van der Waals surface area contributed by atoms with Crippen LogP contribution in [-0.2, 0) is 9.59 Å². The Morgan fingerprint density at radius 3 is 2.24 bits per heavy atom. The van der Waals surface area contributed by atoms with Gasteiger partial charge in [0.25, 0.3) is 5.91 Å². The lowest BCUT2D eigenvalue weighted by atomic mass is 10.1. The number of benzene rings is 1. The van der Waals surface area contributed by atoms with E-state index in [2.05, 4.69) is 26.6 Å². The first-order chi connectivity index (χ1) is 9.81. The maximum atomic E-state index is 11.8. The molecule has 1 aromatic carbocycles. The van der Waals surface area contributed by atoms with Gasteiger partial charge in [-0.1, -0.05) is 29.8 Å². The van der Waals surface area contributed by atoms with Gasteiger partial charge in [0, 0.05) is 10.0 Å². The Hall–Kier alpha value is -1.89. The molecule has 7 heteroatoms. The van der Waals surface area contributed by atoms with Crippen LogP contribution in [0.3, 0.4) is 0 Å². The molecule has 0 aromatic heterocycles. The van der Waals surface area contributed by atoms with Gasteiger partial charge in [-0.2, -0.15) is 0 Å². The molecule has 1 aromatic rings. The first-order valence-corrected chi connectivity index (χ1v) is 7.16. The van der Waals surface area contributed by atoms with Crippen molar-refractivity contribution in [2.24, 2.45) is 5.92 Å². The lowest BCUT2D eigenvalue weighted by molar-refractivity contribution is -0.142. The van der Waals surface area contributed by atoms with Gasteiger partial charge >= 0.3 is 5.97 Å². The number of nitrogens with one attached hydrogen (secondary N) is 2. The fourth-order valence-electron chi connectivity index (χ4n) is 1.60. The van der Waals surface area contributed by atoms with E-state index in [0.717, 1.165) is 4.47 Å². The summed E-state index contributed by atoms with van der Waals surface area (Å²) in [7, 11) is 0. The van der Waals surface area contributed by atoms with Crippen molar-refractivity contribution >= 4 is 33.7 Å². The van der Waals surface area contributed by atoms with Crippen LogP contribution < -0.4 is 10.6 Å². The van der Waals surface area contributed by atoms with E-state index in [-0.39, 0.29) is 12.5 Å². The zero-order valence-corrected chi connectivity index (χ0v) is 13.3. The van der Waals surface area contributed by atoms with Crippen molar-refractivity contribution in [1.82, 2.24) is 10.6 Å². The van der Waals surface area contributed by atoms with Crippen molar-refractivity contribution in [3.8, 4) is 0 Å². The second-order valence-electron chi connectivity index (χ2n) is 4.82. The molecule has 0 unspecified atom stereocenters. The number of carbonyl (C=O) groups is 3. The molecular formula is C14H17BrN2O4. The summed E-state index contributed by atoms with van der Waals surface area (Å²) in [4.78, 5) is 34.4. The van der Waals surface area contributed by atoms with Gasteiger partial charge in [-0.15, -0.1) is 0 Å². The van der Waals surface area contributed by atoms with Crippen molar-refractivity contribution in [3.63, 3.8) is 0 Å². The van der Waals surface area contributed by atoms with Crippen LogP contribution in [0, 0.1) is 5.92 Å². The number of carboxylic acid groups (broad SMARTS) is 1. The van der Waals surface area contributed by atoms with E-state index >= 15 is 0 Å². The van der Waals surface area contributed by atoms with Gasteiger partial charge in [-0.25, -0.2) is 4.79 Å². The minimum atomic E-state index is -1.10. The van der Waals surface area contributed by atoms with Gasteiger partial charge in [0.1, 0.15) is 6.04 Å². The SMILES string of the molecule is CC(C)[C@H](NC(=O)CNC(=O)c1ccc(Br)cc1)C(=O)O. The number of amides is 2. The van der Waals surface area contributed by atoms with E-state index in [1.54, 1.807) is 38.1 Å². The molecule has 21 heavy (non-hydrogen) atoms. The van der Waals surface area contributed by atoms with Gasteiger partial charge in [0.15, 0.2) is 0 Å². The van der Waals surface area contributed by atoms with Gasteiger partial charge in [0.05, 0.1) is 6.54 Å². The number of rotatable bonds is 6. The first-order valence-electron chi connectivity index (χ1n) is 6.37. The Labute approximate surface area is 131 Å². The molecule has 0 fully saturated rings. The summed E-state index contributed by atoms with van der Waals surface area (Å²) in [5.41, 5.74) is 0.421. The van der Waals surface area contributed by atoms with Gasteiger partial charge < -0.3 is 15.7 Å². The lowest BCUT2D eigenvalue weighted by Crippen LogP contribution is -2.48. The lowest BCUT2D eigenvalue weighted by Gasteiger charge is -2.17. The monoisotopic (exact) mass is 356 g/mol. The molecule has 0 aliphatic carbocycles. The Balaban J connectivity index is 2.51. The average Bonchev–Trinajstić information content (AvgIpc) is 2.42. The molecule has 1 rings (SSSR count). The summed E-state index contributed by atoms with van der Waals surface area (Å²) >= 11 is 3.26. The summed E-state index contributed by atoms with van der Waals surface area (Å²) in [6.07, 6.45) is 0. The number of hydrogen-bond acceptors (Lipinski definition) is 3. The van der Waals surface area contributed by atoms with Gasteiger partial charge in [-0.05, 0) is 30.2 Å². The Kier molecular flexibility index (Phi) is 6.36. The van der Waals surface area contributed by atoms with E-state index < -0.39 is 23.8 Å². The second-order valence-corrected chi connectivity index (χ2v) is 5.73. The third kappa shape index (κ3) is 5.55. The molecule has 0 aliphatic rings. The Morgan fingerprint density at radius 2 is 1.76 bits per heavy atom. The third-order valence-electron chi connectivity index (χ3n) is 2.77. The highest BCUT2D eigenvalue weighted by molar-refractivity contribution is 9.10. The van der Waals surface area contributed by atoms with E-state index in [4.69, 9.17) is 5.11 Å². The number of hydrogen-bond donors (Lipinski definition) is 3. The molecule has 0 saturated heterocycles. The van der Waals surface area contributed by atoms with Crippen molar-refractivity contribution in [3.05, 3.63) is 34.3 Å². The highest BCUT2D eigenvalue weighted by Gasteiger charge is 2.23. The largest absolute Gasteiger partial charge is 0.480 e. The van der Waals surface area contributed by atoms with Crippen LogP contribution in [0.5, 0.6) is 0 Å². The van der Waals surface area contributed by atoms with Crippen molar-refractivity contribution in [1.29, 1.82) is 0 Å². The predicted molar refractivity (Wildman–Crippen MR) is 80.9 cm³/mol. The molecule has 2 amide bonds. The van der Waals surface area contributed by atoms with Crippen LogP contribution in [-0.4, -0.2) is 35.5 Å². The molecular weight excluding hydrogens is 340 g/mol. The molecule has 0 aliphatic heterocycles. The topological polar surface area (TPSA) is 95.5 Å². The molecule has 114 valence electrons. The summed E-state index contributed by atoms with van der Waals surface area (Å²) in [5, 5.41) is 13.8. The van der Waals surface area contributed by atoms with Gasteiger partial charge in [0.2, 0.25) is 5.91 Å². The standard InChI is InChI=1S/C14H17BrN2O4/c1-8(2)12(14(20)21)17-11(18)7-16-13(19)9-3-5-10(15)6-4-9/h3-6,8,12H,7H2,1-2H3,(H,16,19)(H,17,18)(H,20,21)/t12-/m0/s1. The zero-order chi connectivity index (χ0) is 16.0. The van der Waals surface area contributed by atoms with Crippen LogP contribution in [0.25, 0.3) is 0 Å². The van der Waals surface area contributed by atoms with Crippen LogP contribution in [0.15, 0.2) is 28.7 Å². The molecule has 0 heterocycles. The smallest absolute Gasteiger partial charge is 0.326 e. The summed E-state index contributed by atoms with van der Waals surface area (Å²) in [5.74, 6) is -2.28. The van der Waals surface area contributed by atoms with E-state index in [1.807, 2.05) is 0 Å². The van der Waals surface area contributed by atoms with Crippen LogP contribution in [0.1, 0.15) is 24.2 Å². The number of carbonyl (C=O) groups excluding carboxylic acids is 2. The van der Waals surface area contributed by atoms with Crippen molar-refractivity contribution in [2.45, 2.75) is 19.9 Å². The summed E-state index contributed by atoms with van der Waals surface area (Å²) in [6.45, 7) is 3.12. The fraction of sp³-hybridized carbons (Fsp3) is 0.357. The van der Waals surface area contributed by atoms with Crippen LogP contribution in [0.2, 0.25) is 0 Å². The normalized spacial score (nSPS) is 11.8. The van der Waals surface area contributed by atoms with Crippen LogP contribution in [0.4, 0.5) is 0 Å². The van der Waals surface area contributed by atoms with E-state index in [0.29, 0.717) is 5.56 Å². The van der Waals surface area contributed by atoms with Crippen molar-refractivity contribution < 1.29 is 19.5 Å². The first kappa shape index (κ1) is 17.2. The summed E-state index contributed by atoms with van der Waals surface area (Å²) in [6, 6.07) is 5.70. The molecule has 0 spiro atoms. The predicted octanol–water partition coefficient (Wildman–Crippen LogP) is 1.40. The molecule has 0 bridgehead atoms. The molecule has 0 radical (unpaired) electrons. The fourth-order valence-corrected chi connectivity index (χ4v) is 1.87. The number of halogens is 1. The van der Waals surface area contributed by atoms with Crippen LogP contribution >= 0.6 is 15.9 Å². The number of carboxylic acids is 1. The molecule has 1 atom stereocenters. The van der Waals surface area contributed by atoms with E-state index in [9.17, 15) is 14.4 Å². The highest BCUT2D eigenvalue weighted by atomic mass is 79.9. The highest BCUT2D eigenvalue weighted by Crippen LogP contribution is 2.10. The summed E-state index contributed by atoms with van der Waals surface area (Å²) < 4.78 is 0.845. The molecule has 3 N–H and O–H groups in total. The number of aliphatic carboxylic acids is 1. The quantitative estimate of drug-likeness (QED) is 0.717. The minimum absolute atomic E-state index is 0.242. The Bertz CT molecular complexity index is 528.